The molecule has 7 heteroatoms. The van der Waals surface area contributed by atoms with Crippen molar-refractivity contribution in [2.75, 3.05) is 27.3 Å². The van der Waals surface area contributed by atoms with Gasteiger partial charge in [-0.3, -0.25) is 9.59 Å². The van der Waals surface area contributed by atoms with Crippen molar-refractivity contribution in [1.29, 1.82) is 0 Å². The Balaban J connectivity index is 1.46. The molecule has 1 saturated heterocycles. The number of nitrogens with one attached hydrogen (secondary N) is 1. The van der Waals surface area contributed by atoms with Gasteiger partial charge >= 0.3 is 0 Å². The molecule has 3 rings (SSSR count). The van der Waals surface area contributed by atoms with Gasteiger partial charge in [-0.15, -0.1) is 0 Å². The first kappa shape index (κ1) is 21.6. The summed E-state index contributed by atoms with van der Waals surface area (Å²) >= 11 is 0. The molecule has 1 aliphatic heterocycles. The number of hydrogen-bond acceptors (Lipinski definition) is 4. The number of likely N-dealkylation sites (tertiary alicyclic amines) is 1. The van der Waals surface area contributed by atoms with Gasteiger partial charge in [0.05, 0.1) is 14.2 Å². The minimum Gasteiger partial charge on any atom is -0.493 e. The Morgan fingerprint density at radius 2 is 1.70 bits per heavy atom. The number of hydrogen-bond donors (Lipinski definition) is 1. The number of carbonyl (C=O) groups excluding carboxylic acids is 2. The van der Waals surface area contributed by atoms with Gasteiger partial charge in [0, 0.05) is 31.1 Å². The van der Waals surface area contributed by atoms with Crippen LogP contribution in [0, 0.1) is 5.82 Å². The molecule has 1 aliphatic rings. The average molecular weight is 414 g/mol. The molecule has 0 radical (unpaired) electrons. The van der Waals surface area contributed by atoms with Crippen molar-refractivity contribution in [3.05, 3.63) is 59.4 Å². The van der Waals surface area contributed by atoms with E-state index in [1.165, 1.54) is 19.2 Å². The second-order valence-electron chi connectivity index (χ2n) is 7.33. The smallest absolute Gasteiger partial charge is 0.253 e. The van der Waals surface area contributed by atoms with Crippen molar-refractivity contribution >= 4 is 11.8 Å². The fraction of sp³-hybridized carbons (Fsp3) is 0.391. The second-order valence-corrected chi connectivity index (χ2v) is 7.33. The molecule has 160 valence electrons. The quantitative estimate of drug-likeness (QED) is 0.756. The molecular formula is C23H27FN2O4. The molecular weight excluding hydrogens is 387 g/mol. The lowest BCUT2D eigenvalue weighted by atomic mass is 10.0. The fourth-order valence-corrected chi connectivity index (χ4v) is 3.59. The van der Waals surface area contributed by atoms with Crippen LogP contribution in [0.5, 0.6) is 11.5 Å². The summed E-state index contributed by atoms with van der Waals surface area (Å²) < 4.78 is 23.4. The first-order valence-corrected chi connectivity index (χ1v) is 10.0. The molecule has 0 saturated carbocycles. The third-order valence-electron chi connectivity index (χ3n) is 5.33. The predicted molar refractivity (Wildman–Crippen MR) is 111 cm³/mol. The lowest BCUT2D eigenvalue weighted by molar-refractivity contribution is -0.122. The Labute approximate surface area is 176 Å². The number of ether oxygens (including phenoxy) is 2. The topological polar surface area (TPSA) is 67.9 Å². The van der Waals surface area contributed by atoms with Crippen molar-refractivity contribution in [1.82, 2.24) is 10.2 Å². The minimum atomic E-state index is -0.280. The number of methoxy groups -OCH3 is 2. The molecule has 0 bridgehead atoms. The van der Waals surface area contributed by atoms with Crippen LogP contribution in [0.1, 0.15) is 35.2 Å². The van der Waals surface area contributed by atoms with E-state index >= 15 is 0 Å². The van der Waals surface area contributed by atoms with E-state index in [0.717, 1.165) is 5.56 Å². The van der Waals surface area contributed by atoms with Crippen LogP contribution in [0.15, 0.2) is 42.5 Å². The Bertz CT molecular complexity index is 877. The number of halogens is 1. The molecule has 0 aliphatic carbocycles. The number of aryl methyl sites for hydroxylation is 1. The van der Waals surface area contributed by atoms with E-state index in [4.69, 9.17) is 9.47 Å². The summed E-state index contributed by atoms with van der Waals surface area (Å²) in [6, 6.07) is 11.4. The fourth-order valence-electron chi connectivity index (χ4n) is 3.59. The molecule has 0 atom stereocenters. The third-order valence-corrected chi connectivity index (χ3v) is 5.33. The first-order valence-electron chi connectivity index (χ1n) is 10.0. The number of benzene rings is 2. The molecule has 2 amide bonds. The first-order chi connectivity index (χ1) is 14.5. The van der Waals surface area contributed by atoms with Gasteiger partial charge in [0.1, 0.15) is 5.82 Å². The van der Waals surface area contributed by atoms with Crippen LogP contribution in [0.25, 0.3) is 0 Å². The van der Waals surface area contributed by atoms with E-state index in [-0.39, 0.29) is 23.7 Å². The summed E-state index contributed by atoms with van der Waals surface area (Å²) in [4.78, 5) is 26.8. The maximum absolute atomic E-state index is 12.9. The van der Waals surface area contributed by atoms with Crippen molar-refractivity contribution in [2.24, 2.45) is 0 Å². The Morgan fingerprint density at radius 3 is 2.33 bits per heavy atom. The summed E-state index contributed by atoms with van der Waals surface area (Å²) in [6.07, 6.45) is 2.35. The van der Waals surface area contributed by atoms with Gasteiger partial charge < -0.3 is 19.7 Å². The third kappa shape index (κ3) is 5.49. The Kier molecular flexibility index (Phi) is 7.27. The molecule has 1 N–H and O–H groups in total. The predicted octanol–water partition coefficient (Wildman–Crippen LogP) is 3.20. The number of rotatable bonds is 7. The highest BCUT2D eigenvalue weighted by Crippen LogP contribution is 2.28. The van der Waals surface area contributed by atoms with Gasteiger partial charge in [-0.25, -0.2) is 4.39 Å². The molecule has 2 aromatic carbocycles. The summed E-state index contributed by atoms with van der Waals surface area (Å²) in [7, 11) is 3.09. The van der Waals surface area contributed by atoms with Crippen LogP contribution in [0.2, 0.25) is 0 Å². The number of nitrogens with zero attached hydrogens (tertiary/aromatic N) is 1. The van der Waals surface area contributed by atoms with Gasteiger partial charge in [0.25, 0.3) is 5.91 Å². The van der Waals surface area contributed by atoms with Crippen LogP contribution in [0.3, 0.4) is 0 Å². The van der Waals surface area contributed by atoms with Gasteiger partial charge in [-0.1, -0.05) is 12.1 Å². The highest BCUT2D eigenvalue weighted by Gasteiger charge is 2.25. The van der Waals surface area contributed by atoms with E-state index in [1.807, 2.05) is 0 Å². The van der Waals surface area contributed by atoms with Crippen molar-refractivity contribution in [3.63, 3.8) is 0 Å². The van der Waals surface area contributed by atoms with Gasteiger partial charge in [0.15, 0.2) is 11.5 Å². The summed E-state index contributed by atoms with van der Waals surface area (Å²) in [5, 5.41) is 3.05. The van der Waals surface area contributed by atoms with Crippen LogP contribution < -0.4 is 14.8 Å². The highest BCUT2D eigenvalue weighted by atomic mass is 19.1. The van der Waals surface area contributed by atoms with Crippen LogP contribution in [0.4, 0.5) is 4.39 Å². The van der Waals surface area contributed by atoms with Crippen LogP contribution in [-0.2, 0) is 11.2 Å². The van der Waals surface area contributed by atoms with Crippen molar-refractivity contribution < 1.29 is 23.5 Å². The van der Waals surface area contributed by atoms with Gasteiger partial charge in [0.2, 0.25) is 5.91 Å². The lowest BCUT2D eigenvalue weighted by Crippen LogP contribution is -2.46. The van der Waals surface area contributed by atoms with Gasteiger partial charge in [-0.2, -0.15) is 0 Å². The molecule has 1 heterocycles. The van der Waals surface area contributed by atoms with E-state index in [2.05, 4.69) is 5.32 Å². The van der Waals surface area contributed by atoms with Crippen LogP contribution >= 0.6 is 0 Å². The lowest BCUT2D eigenvalue weighted by Gasteiger charge is -2.32. The van der Waals surface area contributed by atoms with Gasteiger partial charge in [-0.05, 0) is 55.2 Å². The monoisotopic (exact) mass is 414 g/mol. The van der Waals surface area contributed by atoms with E-state index in [1.54, 1.807) is 42.3 Å². The van der Waals surface area contributed by atoms with E-state index < -0.39 is 0 Å². The molecule has 1 fully saturated rings. The molecule has 0 aromatic heterocycles. The standard InChI is InChI=1S/C23H27FN2O4/c1-29-20-9-6-17(15-21(20)30-2)23(28)26-13-11-19(12-14-26)25-22(27)10-5-16-3-7-18(24)8-4-16/h3-4,6-9,15,19H,5,10-14H2,1-2H3,(H,25,27). The average Bonchev–Trinajstić information content (AvgIpc) is 2.78. The molecule has 30 heavy (non-hydrogen) atoms. The summed E-state index contributed by atoms with van der Waals surface area (Å²) in [6.45, 7) is 1.16. The maximum atomic E-state index is 12.9. The summed E-state index contributed by atoms with van der Waals surface area (Å²) in [5.74, 6) is 0.737. The molecule has 2 aromatic rings. The second kappa shape index (κ2) is 10.1. The maximum Gasteiger partial charge on any atom is 0.253 e. The highest BCUT2D eigenvalue weighted by molar-refractivity contribution is 5.95. The normalized spacial score (nSPS) is 14.3. The van der Waals surface area contributed by atoms with E-state index in [0.29, 0.717) is 55.8 Å². The van der Waals surface area contributed by atoms with Crippen molar-refractivity contribution in [3.8, 4) is 11.5 Å². The van der Waals surface area contributed by atoms with Crippen molar-refractivity contribution in [2.45, 2.75) is 31.7 Å². The molecule has 6 nitrogen and oxygen atoms in total. The molecule has 0 spiro atoms. The summed E-state index contributed by atoms with van der Waals surface area (Å²) in [5.41, 5.74) is 1.48. The zero-order chi connectivity index (χ0) is 21.5. The van der Waals surface area contributed by atoms with Crippen LogP contribution in [-0.4, -0.2) is 50.1 Å². The SMILES string of the molecule is COc1ccc(C(=O)N2CCC(NC(=O)CCc3ccc(F)cc3)CC2)cc1OC. The number of carbonyl (C=O) groups is 2. The van der Waals surface area contributed by atoms with E-state index in [9.17, 15) is 14.0 Å². The Hall–Kier alpha value is -3.09. The minimum absolute atomic E-state index is 0.0241. The molecule has 0 unspecified atom stereocenters. The zero-order valence-electron chi connectivity index (χ0n) is 17.3. The number of amides is 2. The largest absolute Gasteiger partial charge is 0.493 e. The Morgan fingerprint density at radius 1 is 1.03 bits per heavy atom. The zero-order valence-corrected chi connectivity index (χ0v) is 17.3. The number of piperidine rings is 1.